The summed E-state index contributed by atoms with van der Waals surface area (Å²) in [6, 6.07) is 5.36. The number of aromatic nitrogens is 1. The predicted octanol–water partition coefficient (Wildman–Crippen LogP) is 4.82. The van der Waals surface area contributed by atoms with Crippen molar-refractivity contribution in [3.05, 3.63) is 34.0 Å². The maximum absolute atomic E-state index is 6.22. The van der Waals surface area contributed by atoms with E-state index in [-0.39, 0.29) is 0 Å². The first-order valence-electron chi connectivity index (χ1n) is 6.19. The molecule has 3 nitrogen and oxygen atoms in total. The van der Waals surface area contributed by atoms with Crippen molar-refractivity contribution in [3.8, 4) is 11.1 Å². The zero-order valence-corrected chi connectivity index (χ0v) is 12.4. The van der Waals surface area contributed by atoms with Crippen LogP contribution in [0.15, 0.2) is 22.7 Å². The van der Waals surface area contributed by atoms with E-state index in [1.165, 1.54) is 0 Å². The quantitative estimate of drug-likeness (QED) is 0.880. The summed E-state index contributed by atoms with van der Waals surface area (Å²) in [5.41, 5.74) is 7.31. The van der Waals surface area contributed by atoms with Gasteiger partial charge in [-0.3, -0.25) is 0 Å². The van der Waals surface area contributed by atoms with Crippen LogP contribution >= 0.6 is 23.2 Å². The number of rotatable bonds is 4. The summed E-state index contributed by atoms with van der Waals surface area (Å²) in [7, 11) is 0. The molecule has 0 radical (unpaired) electrons. The molecular formula is C14H16Cl2N2O. The van der Waals surface area contributed by atoms with Crippen molar-refractivity contribution in [1.82, 2.24) is 5.16 Å². The number of nitrogens with two attached hydrogens (primary N) is 1. The lowest BCUT2D eigenvalue weighted by Crippen LogP contribution is -1.95. The standard InChI is InChI=1S/C14H16Cl2N2O/c1-8(2)6-7-11-13(14(17)18-19-11)12-9(15)4-3-5-10(12)16/h3-5,8H,6-7H2,1-2H3,(H2,17,18). The van der Waals surface area contributed by atoms with Gasteiger partial charge in [0.15, 0.2) is 5.82 Å². The maximum atomic E-state index is 6.22. The normalized spacial score (nSPS) is 11.2. The Labute approximate surface area is 122 Å². The molecule has 2 aromatic rings. The summed E-state index contributed by atoms with van der Waals surface area (Å²) in [6.45, 7) is 4.31. The molecule has 0 saturated heterocycles. The van der Waals surface area contributed by atoms with Crippen LogP contribution in [-0.2, 0) is 6.42 Å². The van der Waals surface area contributed by atoms with Crippen LogP contribution in [0.2, 0.25) is 10.0 Å². The van der Waals surface area contributed by atoms with E-state index in [2.05, 4.69) is 19.0 Å². The molecule has 2 N–H and O–H groups in total. The highest BCUT2D eigenvalue weighted by Crippen LogP contribution is 2.40. The minimum Gasteiger partial charge on any atom is -0.380 e. The van der Waals surface area contributed by atoms with Crippen LogP contribution in [0.1, 0.15) is 26.0 Å². The Bertz CT molecular complexity index is 559. The fraction of sp³-hybridized carbons (Fsp3) is 0.357. The molecule has 0 aliphatic heterocycles. The summed E-state index contributed by atoms with van der Waals surface area (Å²) in [6.07, 6.45) is 1.75. The Hall–Kier alpha value is -1.19. The van der Waals surface area contributed by atoms with Gasteiger partial charge in [0, 0.05) is 12.0 Å². The molecule has 0 fully saturated rings. The van der Waals surface area contributed by atoms with Gasteiger partial charge in [-0.15, -0.1) is 0 Å². The summed E-state index contributed by atoms with van der Waals surface area (Å²) in [4.78, 5) is 0. The monoisotopic (exact) mass is 298 g/mol. The van der Waals surface area contributed by atoms with Gasteiger partial charge >= 0.3 is 0 Å². The lowest BCUT2D eigenvalue weighted by molar-refractivity contribution is 0.376. The first kappa shape index (κ1) is 14.2. The van der Waals surface area contributed by atoms with E-state index < -0.39 is 0 Å². The van der Waals surface area contributed by atoms with Gasteiger partial charge in [-0.2, -0.15) is 0 Å². The predicted molar refractivity (Wildman–Crippen MR) is 79.5 cm³/mol. The van der Waals surface area contributed by atoms with Gasteiger partial charge in [-0.05, 0) is 24.5 Å². The smallest absolute Gasteiger partial charge is 0.175 e. The molecule has 0 unspecified atom stereocenters. The van der Waals surface area contributed by atoms with E-state index >= 15 is 0 Å². The number of aryl methyl sites for hydroxylation is 1. The van der Waals surface area contributed by atoms with Gasteiger partial charge in [0.05, 0.1) is 15.6 Å². The van der Waals surface area contributed by atoms with Crippen molar-refractivity contribution in [2.45, 2.75) is 26.7 Å². The molecule has 5 heteroatoms. The van der Waals surface area contributed by atoms with Gasteiger partial charge in [-0.25, -0.2) is 0 Å². The third kappa shape index (κ3) is 3.04. The number of nitrogen functional groups attached to an aromatic ring is 1. The highest BCUT2D eigenvalue weighted by atomic mass is 35.5. The number of hydrogen-bond donors (Lipinski definition) is 1. The minimum absolute atomic E-state index is 0.328. The molecule has 19 heavy (non-hydrogen) atoms. The van der Waals surface area contributed by atoms with Gasteiger partial charge in [0.1, 0.15) is 5.76 Å². The van der Waals surface area contributed by atoms with Gasteiger partial charge in [0.2, 0.25) is 0 Å². The Balaban J connectivity index is 2.47. The molecule has 102 valence electrons. The van der Waals surface area contributed by atoms with Crippen molar-refractivity contribution >= 4 is 29.0 Å². The van der Waals surface area contributed by atoms with Crippen LogP contribution in [0.25, 0.3) is 11.1 Å². The molecule has 0 atom stereocenters. The number of nitrogens with zero attached hydrogens (tertiary/aromatic N) is 1. The second kappa shape index (κ2) is 5.85. The van der Waals surface area contributed by atoms with E-state index in [1.54, 1.807) is 18.2 Å². The first-order valence-corrected chi connectivity index (χ1v) is 6.94. The molecule has 0 aliphatic carbocycles. The summed E-state index contributed by atoms with van der Waals surface area (Å²) >= 11 is 12.4. The Kier molecular flexibility index (Phi) is 4.38. The van der Waals surface area contributed by atoms with E-state index in [4.69, 9.17) is 33.5 Å². The molecule has 0 amide bonds. The second-order valence-corrected chi connectivity index (χ2v) is 5.71. The highest BCUT2D eigenvalue weighted by molar-refractivity contribution is 6.39. The van der Waals surface area contributed by atoms with E-state index in [9.17, 15) is 0 Å². The summed E-state index contributed by atoms with van der Waals surface area (Å²) in [5, 5.41) is 4.94. The Morgan fingerprint density at radius 2 is 1.84 bits per heavy atom. The van der Waals surface area contributed by atoms with Crippen molar-refractivity contribution in [3.63, 3.8) is 0 Å². The van der Waals surface area contributed by atoms with E-state index in [0.717, 1.165) is 24.2 Å². The fourth-order valence-electron chi connectivity index (χ4n) is 1.93. The largest absolute Gasteiger partial charge is 0.380 e. The SMILES string of the molecule is CC(C)CCc1onc(N)c1-c1c(Cl)cccc1Cl. The molecule has 2 rings (SSSR count). The van der Waals surface area contributed by atoms with Crippen LogP contribution in [0.3, 0.4) is 0 Å². The minimum atomic E-state index is 0.328. The average Bonchev–Trinajstić information content (AvgIpc) is 2.69. The summed E-state index contributed by atoms with van der Waals surface area (Å²) in [5.74, 6) is 1.64. The molecule has 0 bridgehead atoms. The molecule has 1 aromatic heterocycles. The van der Waals surface area contributed by atoms with E-state index in [0.29, 0.717) is 27.3 Å². The fourth-order valence-corrected chi connectivity index (χ4v) is 2.52. The van der Waals surface area contributed by atoms with Crippen LogP contribution in [0.5, 0.6) is 0 Å². The number of benzene rings is 1. The Morgan fingerprint density at radius 3 is 2.42 bits per heavy atom. The number of hydrogen-bond acceptors (Lipinski definition) is 3. The third-order valence-corrected chi connectivity index (χ3v) is 3.58. The maximum Gasteiger partial charge on any atom is 0.175 e. The molecule has 1 heterocycles. The third-order valence-electron chi connectivity index (χ3n) is 2.95. The van der Waals surface area contributed by atoms with E-state index in [1.807, 2.05) is 0 Å². The van der Waals surface area contributed by atoms with Crippen molar-refractivity contribution in [2.75, 3.05) is 5.73 Å². The van der Waals surface area contributed by atoms with Gasteiger partial charge in [0.25, 0.3) is 0 Å². The highest BCUT2D eigenvalue weighted by Gasteiger charge is 2.20. The molecular weight excluding hydrogens is 283 g/mol. The first-order chi connectivity index (χ1) is 9.00. The second-order valence-electron chi connectivity index (χ2n) is 4.90. The Morgan fingerprint density at radius 1 is 1.21 bits per heavy atom. The van der Waals surface area contributed by atoms with Crippen molar-refractivity contribution < 1.29 is 4.52 Å². The van der Waals surface area contributed by atoms with Crippen LogP contribution in [0.4, 0.5) is 5.82 Å². The average molecular weight is 299 g/mol. The topological polar surface area (TPSA) is 52.0 Å². The zero-order valence-electron chi connectivity index (χ0n) is 10.9. The molecule has 0 spiro atoms. The number of halogens is 2. The lowest BCUT2D eigenvalue weighted by Gasteiger charge is -2.08. The van der Waals surface area contributed by atoms with Crippen molar-refractivity contribution in [2.24, 2.45) is 5.92 Å². The zero-order chi connectivity index (χ0) is 14.0. The van der Waals surface area contributed by atoms with Crippen LogP contribution < -0.4 is 5.73 Å². The number of anilines is 1. The van der Waals surface area contributed by atoms with Gasteiger partial charge in [-0.1, -0.05) is 48.3 Å². The molecule has 0 aliphatic rings. The van der Waals surface area contributed by atoms with Crippen LogP contribution in [0, 0.1) is 5.92 Å². The molecule has 0 saturated carbocycles. The van der Waals surface area contributed by atoms with Gasteiger partial charge < -0.3 is 10.3 Å². The lowest BCUT2D eigenvalue weighted by atomic mass is 10.0. The molecule has 1 aromatic carbocycles. The van der Waals surface area contributed by atoms with Crippen molar-refractivity contribution in [1.29, 1.82) is 0 Å². The summed E-state index contributed by atoms with van der Waals surface area (Å²) < 4.78 is 5.32. The van der Waals surface area contributed by atoms with Crippen LogP contribution in [-0.4, -0.2) is 5.16 Å².